The second-order valence-corrected chi connectivity index (χ2v) is 4.50. The summed E-state index contributed by atoms with van der Waals surface area (Å²) in [5, 5.41) is 3.12. The van der Waals surface area contributed by atoms with Crippen LogP contribution in [-0.4, -0.2) is 9.97 Å². The summed E-state index contributed by atoms with van der Waals surface area (Å²) in [4.78, 5) is 8.65. The molecule has 0 N–H and O–H groups in total. The second kappa shape index (κ2) is 5.89. The number of nitrogens with zero attached hydrogens (tertiary/aromatic N) is 2. The molecule has 18 heavy (non-hydrogen) atoms. The van der Waals surface area contributed by atoms with E-state index in [0.29, 0.717) is 0 Å². The molecule has 0 saturated carbocycles. The number of pyridine rings is 1. The van der Waals surface area contributed by atoms with Gasteiger partial charge in [0.2, 0.25) is 0 Å². The van der Waals surface area contributed by atoms with Crippen molar-refractivity contribution in [2.24, 2.45) is 0 Å². The quantitative estimate of drug-likeness (QED) is 0.697. The molecule has 90 valence electrons. The standard InChI is InChI=1S/C14H10N2S.BrH/c1-2-4-11(5-3-1)13-10-17-14(16-13)12-6-8-15-9-7-12;/h1-10H;1H. The van der Waals surface area contributed by atoms with Gasteiger partial charge in [-0.3, -0.25) is 4.98 Å². The molecule has 3 aromatic rings. The smallest absolute Gasteiger partial charge is 0.124 e. The van der Waals surface area contributed by atoms with Crippen molar-refractivity contribution in [3.8, 4) is 21.8 Å². The number of benzene rings is 1. The molecule has 2 heterocycles. The van der Waals surface area contributed by atoms with E-state index < -0.39 is 0 Å². The van der Waals surface area contributed by atoms with Crippen molar-refractivity contribution >= 4 is 28.3 Å². The van der Waals surface area contributed by atoms with Crippen LogP contribution in [0.2, 0.25) is 0 Å². The molecule has 0 saturated heterocycles. The molecule has 0 aliphatic carbocycles. The fraction of sp³-hybridized carbons (Fsp3) is 0. The molecule has 4 heteroatoms. The van der Waals surface area contributed by atoms with Gasteiger partial charge in [-0.05, 0) is 12.1 Å². The van der Waals surface area contributed by atoms with E-state index in [9.17, 15) is 0 Å². The number of hydrogen-bond donors (Lipinski definition) is 0. The molecular weight excluding hydrogens is 308 g/mol. The zero-order valence-corrected chi connectivity index (χ0v) is 12.0. The third kappa shape index (κ3) is 2.66. The first-order valence-electron chi connectivity index (χ1n) is 5.35. The SMILES string of the molecule is Br.c1ccc(-c2csc(-c3ccncc3)n2)cc1. The van der Waals surface area contributed by atoms with Crippen LogP contribution in [0.25, 0.3) is 21.8 Å². The van der Waals surface area contributed by atoms with Crippen molar-refractivity contribution < 1.29 is 0 Å². The summed E-state index contributed by atoms with van der Waals surface area (Å²) in [5.74, 6) is 0. The minimum atomic E-state index is 0. The van der Waals surface area contributed by atoms with Crippen LogP contribution in [-0.2, 0) is 0 Å². The van der Waals surface area contributed by atoms with Gasteiger partial charge in [-0.25, -0.2) is 4.98 Å². The Kier molecular flexibility index (Phi) is 4.23. The first kappa shape index (κ1) is 12.9. The lowest BCUT2D eigenvalue weighted by Crippen LogP contribution is -1.79. The van der Waals surface area contributed by atoms with Crippen molar-refractivity contribution in [1.29, 1.82) is 0 Å². The molecule has 0 aliphatic heterocycles. The Labute approximate surface area is 120 Å². The van der Waals surface area contributed by atoms with E-state index in [1.165, 1.54) is 0 Å². The van der Waals surface area contributed by atoms with E-state index in [1.807, 2.05) is 30.3 Å². The number of halogens is 1. The number of aromatic nitrogens is 2. The summed E-state index contributed by atoms with van der Waals surface area (Å²) >= 11 is 1.66. The van der Waals surface area contributed by atoms with Gasteiger partial charge in [0.25, 0.3) is 0 Å². The molecule has 0 radical (unpaired) electrons. The van der Waals surface area contributed by atoms with Gasteiger partial charge in [0.1, 0.15) is 5.01 Å². The lowest BCUT2D eigenvalue weighted by Gasteiger charge is -1.95. The van der Waals surface area contributed by atoms with Crippen molar-refractivity contribution in [2.45, 2.75) is 0 Å². The molecule has 0 fully saturated rings. The summed E-state index contributed by atoms with van der Waals surface area (Å²) in [7, 11) is 0. The Hall–Kier alpha value is -1.52. The summed E-state index contributed by atoms with van der Waals surface area (Å²) in [6, 6.07) is 14.2. The van der Waals surface area contributed by atoms with E-state index in [-0.39, 0.29) is 17.0 Å². The van der Waals surface area contributed by atoms with Crippen LogP contribution in [0.5, 0.6) is 0 Å². The number of hydrogen-bond acceptors (Lipinski definition) is 3. The number of thiazole rings is 1. The Morgan fingerprint density at radius 2 is 1.56 bits per heavy atom. The average molecular weight is 319 g/mol. The van der Waals surface area contributed by atoms with Gasteiger partial charge in [0.15, 0.2) is 0 Å². The van der Waals surface area contributed by atoms with Gasteiger partial charge in [-0.1, -0.05) is 30.3 Å². The normalized spacial score (nSPS) is 9.78. The van der Waals surface area contributed by atoms with Crippen molar-refractivity contribution in [1.82, 2.24) is 9.97 Å². The lowest BCUT2D eigenvalue weighted by molar-refractivity contribution is 1.32. The molecule has 0 bridgehead atoms. The van der Waals surface area contributed by atoms with Gasteiger partial charge in [-0.2, -0.15) is 0 Å². The molecule has 0 aliphatic rings. The van der Waals surface area contributed by atoms with E-state index in [4.69, 9.17) is 0 Å². The highest BCUT2D eigenvalue weighted by molar-refractivity contribution is 8.93. The number of rotatable bonds is 2. The predicted molar refractivity (Wildman–Crippen MR) is 81.1 cm³/mol. The Balaban J connectivity index is 0.00000120. The van der Waals surface area contributed by atoms with E-state index in [2.05, 4.69) is 27.5 Å². The summed E-state index contributed by atoms with van der Waals surface area (Å²) in [6.45, 7) is 0. The molecule has 2 aromatic heterocycles. The first-order chi connectivity index (χ1) is 8.43. The predicted octanol–water partition coefficient (Wildman–Crippen LogP) is 4.45. The Bertz CT molecular complexity index is 554. The van der Waals surface area contributed by atoms with Gasteiger partial charge in [-0.15, -0.1) is 28.3 Å². The fourth-order valence-corrected chi connectivity index (χ4v) is 2.48. The maximum absolute atomic E-state index is 4.64. The maximum atomic E-state index is 4.64. The van der Waals surface area contributed by atoms with Crippen molar-refractivity contribution in [3.05, 3.63) is 60.2 Å². The zero-order valence-electron chi connectivity index (χ0n) is 9.48. The topological polar surface area (TPSA) is 25.8 Å². The summed E-state index contributed by atoms with van der Waals surface area (Å²) in [6.07, 6.45) is 3.58. The summed E-state index contributed by atoms with van der Waals surface area (Å²) < 4.78 is 0. The minimum absolute atomic E-state index is 0. The van der Waals surface area contributed by atoms with Crippen LogP contribution in [0.4, 0.5) is 0 Å². The van der Waals surface area contributed by atoms with Gasteiger partial charge in [0, 0.05) is 28.9 Å². The third-order valence-corrected chi connectivity index (χ3v) is 3.39. The van der Waals surface area contributed by atoms with Crippen LogP contribution < -0.4 is 0 Å². The molecule has 0 atom stereocenters. The van der Waals surface area contributed by atoms with Gasteiger partial charge >= 0.3 is 0 Å². The van der Waals surface area contributed by atoms with E-state index in [1.54, 1.807) is 23.7 Å². The van der Waals surface area contributed by atoms with Gasteiger partial charge < -0.3 is 0 Å². The molecule has 0 spiro atoms. The van der Waals surface area contributed by atoms with E-state index >= 15 is 0 Å². The average Bonchev–Trinajstić information content (AvgIpc) is 2.90. The molecular formula is C14H11BrN2S. The maximum Gasteiger partial charge on any atom is 0.124 e. The lowest BCUT2D eigenvalue weighted by atomic mass is 10.2. The van der Waals surface area contributed by atoms with E-state index in [0.717, 1.165) is 21.8 Å². The third-order valence-electron chi connectivity index (χ3n) is 2.50. The molecule has 3 rings (SSSR count). The minimum Gasteiger partial charge on any atom is -0.265 e. The highest BCUT2D eigenvalue weighted by atomic mass is 79.9. The van der Waals surface area contributed by atoms with Crippen LogP contribution in [0, 0.1) is 0 Å². The monoisotopic (exact) mass is 318 g/mol. The highest BCUT2D eigenvalue weighted by Gasteiger charge is 2.05. The van der Waals surface area contributed by atoms with Crippen LogP contribution in [0.3, 0.4) is 0 Å². The van der Waals surface area contributed by atoms with Crippen molar-refractivity contribution in [3.63, 3.8) is 0 Å². The molecule has 0 unspecified atom stereocenters. The molecule has 0 amide bonds. The fourth-order valence-electron chi connectivity index (χ4n) is 1.64. The highest BCUT2D eigenvalue weighted by Crippen LogP contribution is 2.28. The van der Waals surface area contributed by atoms with Crippen LogP contribution in [0.1, 0.15) is 0 Å². The second-order valence-electron chi connectivity index (χ2n) is 3.64. The largest absolute Gasteiger partial charge is 0.265 e. The summed E-state index contributed by atoms with van der Waals surface area (Å²) in [5.41, 5.74) is 3.30. The van der Waals surface area contributed by atoms with Crippen LogP contribution in [0.15, 0.2) is 60.2 Å². The first-order valence-corrected chi connectivity index (χ1v) is 6.23. The Morgan fingerprint density at radius 3 is 2.28 bits per heavy atom. The van der Waals surface area contributed by atoms with Crippen molar-refractivity contribution in [2.75, 3.05) is 0 Å². The van der Waals surface area contributed by atoms with Crippen LogP contribution >= 0.6 is 28.3 Å². The Morgan fingerprint density at radius 1 is 0.833 bits per heavy atom. The zero-order chi connectivity index (χ0) is 11.5. The molecule has 2 nitrogen and oxygen atoms in total. The molecule has 1 aromatic carbocycles. The van der Waals surface area contributed by atoms with Gasteiger partial charge in [0.05, 0.1) is 5.69 Å².